The number of hydrogen-bond acceptors (Lipinski definition) is 3. The van der Waals surface area contributed by atoms with Crippen molar-refractivity contribution in [2.24, 2.45) is 0 Å². The zero-order chi connectivity index (χ0) is 9.38. The first-order valence-corrected chi connectivity index (χ1v) is 5.14. The maximum absolute atomic E-state index is 3.99. The zero-order valence-electron chi connectivity index (χ0n) is 8.03. The number of nitrogens with zero attached hydrogens (tertiary/aromatic N) is 2. The molecule has 2 N–H and O–H groups in total. The maximum Gasteiger partial charge on any atom is 0.0634 e. The Balaban J connectivity index is 1.94. The molecule has 3 rings (SSSR count). The molecule has 1 aromatic heterocycles. The van der Waals surface area contributed by atoms with Crippen LogP contribution < -0.4 is 5.32 Å². The molecule has 2 aliphatic heterocycles. The molecule has 14 heavy (non-hydrogen) atoms. The second kappa shape index (κ2) is 3.04. The van der Waals surface area contributed by atoms with Gasteiger partial charge in [0.05, 0.1) is 11.9 Å². The molecule has 4 heteroatoms. The molecule has 0 aromatic carbocycles. The number of nitrogens with one attached hydrogen (secondary N) is 2. The van der Waals surface area contributed by atoms with Crippen molar-refractivity contribution >= 4 is 5.70 Å². The fraction of sp³-hybridized carbons (Fsp3) is 0.500. The second-order valence-electron chi connectivity index (χ2n) is 3.91. The van der Waals surface area contributed by atoms with Gasteiger partial charge in [0.15, 0.2) is 0 Å². The maximum atomic E-state index is 3.99. The molecule has 1 unspecified atom stereocenters. The fourth-order valence-corrected chi connectivity index (χ4v) is 2.38. The topological polar surface area (TPSA) is 44.0 Å². The van der Waals surface area contributed by atoms with E-state index in [4.69, 9.17) is 0 Å². The second-order valence-corrected chi connectivity index (χ2v) is 3.91. The molecule has 74 valence electrons. The van der Waals surface area contributed by atoms with Gasteiger partial charge in [0.1, 0.15) is 0 Å². The van der Waals surface area contributed by atoms with Crippen LogP contribution in [0.5, 0.6) is 0 Å². The van der Waals surface area contributed by atoms with Gasteiger partial charge in [-0.25, -0.2) is 0 Å². The molecule has 1 atom stereocenters. The third-order valence-corrected chi connectivity index (χ3v) is 3.07. The average molecular weight is 190 g/mol. The van der Waals surface area contributed by atoms with Gasteiger partial charge in [-0.2, -0.15) is 5.10 Å². The van der Waals surface area contributed by atoms with Crippen molar-refractivity contribution in [2.45, 2.75) is 18.9 Å². The predicted molar refractivity (Wildman–Crippen MR) is 54.3 cm³/mol. The fourth-order valence-electron chi connectivity index (χ4n) is 2.38. The van der Waals surface area contributed by atoms with Crippen LogP contribution in [0.4, 0.5) is 0 Å². The van der Waals surface area contributed by atoms with Gasteiger partial charge < -0.3 is 10.2 Å². The normalized spacial score (nSPS) is 25.6. The van der Waals surface area contributed by atoms with E-state index >= 15 is 0 Å². The standard InChI is InChI=1S/C10H14N4/c1-2-9-6-11-7-10(14(9)3-1)8-4-12-13-5-8/h4-5,7,9,11H,1-3,6H2,(H,12,13). The third kappa shape index (κ3) is 1.10. The third-order valence-electron chi connectivity index (χ3n) is 3.07. The van der Waals surface area contributed by atoms with Crippen LogP contribution in [0.2, 0.25) is 0 Å². The van der Waals surface area contributed by atoms with Gasteiger partial charge in [0.2, 0.25) is 0 Å². The highest BCUT2D eigenvalue weighted by atomic mass is 15.2. The lowest BCUT2D eigenvalue weighted by Gasteiger charge is -2.32. The van der Waals surface area contributed by atoms with Crippen molar-refractivity contribution in [3.63, 3.8) is 0 Å². The Kier molecular flexibility index (Phi) is 1.72. The Labute approximate surface area is 83.0 Å². The Morgan fingerprint density at radius 3 is 3.36 bits per heavy atom. The molecular formula is C10H14N4. The molecule has 0 bridgehead atoms. The molecule has 4 nitrogen and oxygen atoms in total. The highest BCUT2D eigenvalue weighted by Crippen LogP contribution is 2.29. The van der Waals surface area contributed by atoms with E-state index in [1.165, 1.54) is 30.6 Å². The van der Waals surface area contributed by atoms with Crippen LogP contribution >= 0.6 is 0 Å². The SMILES string of the molecule is C1=C(c2cn[nH]c2)N2CCCC2CN1. The van der Waals surface area contributed by atoms with Crippen molar-refractivity contribution in [3.05, 3.63) is 24.2 Å². The van der Waals surface area contributed by atoms with Crippen LogP contribution in [0, 0.1) is 0 Å². The molecule has 2 aliphatic rings. The Morgan fingerprint density at radius 2 is 2.50 bits per heavy atom. The summed E-state index contributed by atoms with van der Waals surface area (Å²) < 4.78 is 0. The van der Waals surface area contributed by atoms with Crippen LogP contribution in [0.15, 0.2) is 18.6 Å². The van der Waals surface area contributed by atoms with Crippen molar-refractivity contribution < 1.29 is 0 Å². The summed E-state index contributed by atoms with van der Waals surface area (Å²) in [6.45, 7) is 2.27. The van der Waals surface area contributed by atoms with Crippen molar-refractivity contribution in [1.82, 2.24) is 20.4 Å². The monoisotopic (exact) mass is 190 g/mol. The summed E-state index contributed by atoms with van der Waals surface area (Å²) >= 11 is 0. The Morgan fingerprint density at radius 1 is 1.50 bits per heavy atom. The smallest absolute Gasteiger partial charge is 0.0634 e. The molecule has 3 heterocycles. The summed E-state index contributed by atoms with van der Waals surface area (Å²) in [7, 11) is 0. The summed E-state index contributed by atoms with van der Waals surface area (Å²) in [4.78, 5) is 2.49. The van der Waals surface area contributed by atoms with Gasteiger partial charge in [-0.05, 0) is 12.8 Å². The van der Waals surface area contributed by atoms with Crippen LogP contribution in [0.25, 0.3) is 5.70 Å². The van der Waals surface area contributed by atoms with E-state index in [2.05, 4.69) is 26.6 Å². The van der Waals surface area contributed by atoms with Gasteiger partial charge in [-0.3, -0.25) is 5.10 Å². The summed E-state index contributed by atoms with van der Waals surface area (Å²) in [5, 5.41) is 10.2. The molecule has 0 saturated carbocycles. The quantitative estimate of drug-likeness (QED) is 0.687. The minimum atomic E-state index is 0.685. The first kappa shape index (κ1) is 7.91. The van der Waals surface area contributed by atoms with Gasteiger partial charge >= 0.3 is 0 Å². The number of aromatic amines is 1. The predicted octanol–water partition coefficient (Wildman–Crippen LogP) is 0.776. The van der Waals surface area contributed by atoms with Crippen LogP contribution in [-0.2, 0) is 0 Å². The minimum Gasteiger partial charge on any atom is -0.387 e. The summed E-state index contributed by atoms with van der Waals surface area (Å²) in [5.74, 6) is 0. The highest BCUT2D eigenvalue weighted by Gasteiger charge is 2.29. The zero-order valence-corrected chi connectivity index (χ0v) is 8.03. The first-order valence-electron chi connectivity index (χ1n) is 5.14. The van der Waals surface area contributed by atoms with Gasteiger partial charge in [0, 0.05) is 37.1 Å². The van der Waals surface area contributed by atoms with E-state index in [1.54, 1.807) is 0 Å². The van der Waals surface area contributed by atoms with E-state index < -0.39 is 0 Å². The van der Waals surface area contributed by atoms with Gasteiger partial charge in [-0.15, -0.1) is 0 Å². The Bertz CT molecular complexity index is 341. The van der Waals surface area contributed by atoms with Crippen molar-refractivity contribution in [3.8, 4) is 0 Å². The lowest BCUT2D eigenvalue weighted by atomic mass is 10.1. The van der Waals surface area contributed by atoms with E-state index in [9.17, 15) is 0 Å². The minimum absolute atomic E-state index is 0.685. The van der Waals surface area contributed by atoms with Gasteiger partial charge in [-0.1, -0.05) is 0 Å². The van der Waals surface area contributed by atoms with E-state index in [0.717, 1.165) is 6.54 Å². The van der Waals surface area contributed by atoms with Crippen molar-refractivity contribution in [2.75, 3.05) is 13.1 Å². The molecular weight excluding hydrogens is 176 g/mol. The number of aromatic nitrogens is 2. The summed E-state index contributed by atoms with van der Waals surface area (Å²) in [6, 6.07) is 0.685. The van der Waals surface area contributed by atoms with Crippen LogP contribution in [-0.4, -0.2) is 34.2 Å². The highest BCUT2D eigenvalue weighted by molar-refractivity contribution is 5.63. The van der Waals surface area contributed by atoms with E-state index in [-0.39, 0.29) is 0 Å². The number of rotatable bonds is 1. The van der Waals surface area contributed by atoms with E-state index in [1.807, 2.05) is 12.4 Å². The number of hydrogen-bond donors (Lipinski definition) is 2. The molecule has 1 aromatic rings. The Hall–Kier alpha value is -1.45. The molecule has 0 spiro atoms. The lowest BCUT2D eigenvalue weighted by Crippen LogP contribution is -2.39. The summed E-state index contributed by atoms with van der Waals surface area (Å²) in [6.07, 6.45) is 8.55. The van der Waals surface area contributed by atoms with E-state index in [0.29, 0.717) is 6.04 Å². The number of fused-ring (bicyclic) bond motifs is 1. The molecule has 0 aliphatic carbocycles. The van der Waals surface area contributed by atoms with Gasteiger partial charge in [0.25, 0.3) is 0 Å². The molecule has 1 fully saturated rings. The lowest BCUT2D eigenvalue weighted by molar-refractivity contribution is 0.346. The van der Waals surface area contributed by atoms with Crippen molar-refractivity contribution in [1.29, 1.82) is 0 Å². The number of H-pyrrole nitrogens is 1. The molecule has 0 amide bonds. The summed E-state index contributed by atoms with van der Waals surface area (Å²) in [5.41, 5.74) is 2.47. The van der Waals surface area contributed by atoms with Crippen LogP contribution in [0.1, 0.15) is 18.4 Å². The van der Waals surface area contributed by atoms with Crippen LogP contribution in [0.3, 0.4) is 0 Å². The molecule has 0 radical (unpaired) electrons. The molecule has 1 saturated heterocycles. The largest absolute Gasteiger partial charge is 0.387 e. The average Bonchev–Trinajstić information content (AvgIpc) is 2.88. The first-order chi connectivity index (χ1) is 6.95.